The van der Waals surface area contributed by atoms with Gasteiger partial charge in [-0.3, -0.25) is 9.59 Å². The molecule has 0 unspecified atom stereocenters. The quantitative estimate of drug-likeness (QED) is 0.655. The molecule has 0 spiro atoms. The molecule has 0 radical (unpaired) electrons. The number of ketones is 2. The number of fused-ring (bicyclic) bond motifs is 2. The Balaban J connectivity index is 1.97. The van der Waals surface area contributed by atoms with Gasteiger partial charge in [0.15, 0.2) is 11.6 Å². The molecule has 0 fully saturated rings. The Bertz CT molecular complexity index is 769. The van der Waals surface area contributed by atoms with E-state index >= 15 is 0 Å². The van der Waals surface area contributed by atoms with Gasteiger partial charge in [-0.15, -0.1) is 0 Å². The number of unbranched alkanes of at least 4 members (excludes halogenated alkanes) is 2. The standard InChI is InChI=1S/C20H18O2/c1-2-3-4-5-8-14-11-12-17-18(13-14)20(22)16-10-7-6-9-15(16)19(17)21/h5-13H,2-4H2,1H3. The molecule has 3 rings (SSSR count). The number of carbonyl (C=O) groups is 2. The van der Waals surface area contributed by atoms with Gasteiger partial charge in [-0.25, -0.2) is 0 Å². The van der Waals surface area contributed by atoms with Crippen LogP contribution in [0.5, 0.6) is 0 Å². The maximum atomic E-state index is 12.6. The number of benzene rings is 2. The first-order chi connectivity index (χ1) is 10.7. The molecule has 0 saturated heterocycles. The number of allylic oxidation sites excluding steroid dienone is 1. The first-order valence-electron chi connectivity index (χ1n) is 7.71. The normalized spacial score (nSPS) is 13.3. The summed E-state index contributed by atoms with van der Waals surface area (Å²) in [5.41, 5.74) is 3.00. The van der Waals surface area contributed by atoms with E-state index in [9.17, 15) is 9.59 Å². The lowest BCUT2D eigenvalue weighted by molar-refractivity contribution is 0.0979. The fourth-order valence-corrected chi connectivity index (χ4v) is 2.76. The van der Waals surface area contributed by atoms with Gasteiger partial charge >= 0.3 is 0 Å². The molecular formula is C20H18O2. The maximum Gasteiger partial charge on any atom is 0.194 e. The molecule has 2 aromatic carbocycles. The lowest BCUT2D eigenvalue weighted by Gasteiger charge is -2.17. The van der Waals surface area contributed by atoms with Crippen LogP contribution in [0.15, 0.2) is 48.5 Å². The van der Waals surface area contributed by atoms with Crippen molar-refractivity contribution in [3.63, 3.8) is 0 Å². The second-order valence-corrected chi connectivity index (χ2v) is 5.55. The zero-order chi connectivity index (χ0) is 15.5. The molecule has 2 heteroatoms. The predicted molar refractivity (Wildman–Crippen MR) is 88.3 cm³/mol. The third-order valence-electron chi connectivity index (χ3n) is 3.98. The van der Waals surface area contributed by atoms with Gasteiger partial charge in [-0.2, -0.15) is 0 Å². The maximum absolute atomic E-state index is 12.6. The Morgan fingerprint density at radius 2 is 1.50 bits per heavy atom. The van der Waals surface area contributed by atoms with Crippen molar-refractivity contribution < 1.29 is 9.59 Å². The summed E-state index contributed by atoms with van der Waals surface area (Å²) in [6.45, 7) is 2.16. The van der Waals surface area contributed by atoms with Gasteiger partial charge in [-0.1, -0.05) is 62.2 Å². The van der Waals surface area contributed by atoms with Gasteiger partial charge in [0.05, 0.1) is 0 Å². The van der Waals surface area contributed by atoms with Crippen molar-refractivity contribution >= 4 is 17.6 Å². The lowest BCUT2D eigenvalue weighted by Crippen LogP contribution is -2.20. The van der Waals surface area contributed by atoms with E-state index in [0.29, 0.717) is 22.3 Å². The molecule has 0 atom stereocenters. The average molecular weight is 290 g/mol. The van der Waals surface area contributed by atoms with Crippen LogP contribution >= 0.6 is 0 Å². The van der Waals surface area contributed by atoms with E-state index in [1.165, 1.54) is 0 Å². The van der Waals surface area contributed by atoms with E-state index in [2.05, 4.69) is 13.0 Å². The third kappa shape index (κ3) is 2.52. The zero-order valence-electron chi connectivity index (χ0n) is 12.6. The van der Waals surface area contributed by atoms with Crippen molar-refractivity contribution in [3.05, 3.63) is 76.4 Å². The second kappa shape index (κ2) is 6.10. The smallest absolute Gasteiger partial charge is 0.194 e. The zero-order valence-corrected chi connectivity index (χ0v) is 12.6. The van der Waals surface area contributed by atoms with Gasteiger partial charge in [-0.05, 0) is 24.1 Å². The Hall–Kier alpha value is -2.48. The Labute approximate surface area is 130 Å². The van der Waals surface area contributed by atoms with Crippen LogP contribution in [0.25, 0.3) is 6.08 Å². The van der Waals surface area contributed by atoms with E-state index in [1.54, 1.807) is 30.3 Å². The van der Waals surface area contributed by atoms with Crippen LogP contribution in [0.3, 0.4) is 0 Å². The molecule has 2 nitrogen and oxygen atoms in total. The summed E-state index contributed by atoms with van der Waals surface area (Å²) in [6.07, 6.45) is 7.50. The molecule has 1 aliphatic rings. The average Bonchev–Trinajstić information content (AvgIpc) is 2.56. The summed E-state index contributed by atoms with van der Waals surface area (Å²) >= 11 is 0. The van der Waals surface area contributed by atoms with Crippen molar-refractivity contribution in [2.45, 2.75) is 26.2 Å². The lowest BCUT2D eigenvalue weighted by atomic mass is 9.83. The summed E-state index contributed by atoms with van der Waals surface area (Å²) in [4.78, 5) is 25.1. The second-order valence-electron chi connectivity index (χ2n) is 5.55. The molecule has 22 heavy (non-hydrogen) atoms. The summed E-state index contributed by atoms with van der Waals surface area (Å²) in [5, 5.41) is 0. The van der Waals surface area contributed by atoms with Gasteiger partial charge in [0.25, 0.3) is 0 Å². The van der Waals surface area contributed by atoms with Crippen LogP contribution in [0, 0.1) is 0 Å². The first-order valence-corrected chi connectivity index (χ1v) is 7.71. The summed E-state index contributed by atoms with van der Waals surface area (Å²) < 4.78 is 0. The number of hydrogen-bond acceptors (Lipinski definition) is 2. The molecular weight excluding hydrogens is 272 g/mol. The van der Waals surface area contributed by atoms with Crippen LogP contribution in [-0.4, -0.2) is 11.6 Å². The third-order valence-corrected chi connectivity index (χ3v) is 3.98. The van der Waals surface area contributed by atoms with Crippen molar-refractivity contribution in [1.82, 2.24) is 0 Å². The van der Waals surface area contributed by atoms with Gasteiger partial charge < -0.3 is 0 Å². The first kappa shape index (κ1) is 14.5. The topological polar surface area (TPSA) is 34.1 Å². The molecule has 0 aromatic heterocycles. The highest BCUT2D eigenvalue weighted by Crippen LogP contribution is 2.28. The van der Waals surface area contributed by atoms with Crippen LogP contribution in [-0.2, 0) is 0 Å². The van der Waals surface area contributed by atoms with Gasteiger partial charge in [0, 0.05) is 22.3 Å². The molecule has 2 aromatic rings. The summed E-state index contributed by atoms with van der Waals surface area (Å²) in [5.74, 6) is -0.124. The highest BCUT2D eigenvalue weighted by atomic mass is 16.1. The van der Waals surface area contributed by atoms with Gasteiger partial charge in [0.2, 0.25) is 0 Å². The SMILES string of the molecule is CCCCC=Cc1ccc2c(c1)C(=O)c1ccccc1C2=O. The fourth-order valence-electron chi connectivity index (χ4n) is 2.76. The molecule has 0 bridgehead atoms. The minimum atomic E-state index is -0.0632. The molecule has 0 heterocycles. The minimum absolute atomic E-state index is 0.0611. The van der Waals surface area contributed by atoms with Crippen molar-refractivity contribution in [3.8, 4) is 0 Å². The number of rotatable bonds is 4. The van der Waals surface area contributed by atoms with Gasteiger partial charge in [0.1, 0.15) is 0 Å². The molecule has 110 valence electrons. The Morgan fingerprint density at radius 3 is 2.18 bits per heavy atom. The van der Waals surface area contributed by atoms with Crippen molar-refractivity contribution in [1.29, 1.82) is 0 Å². The predicted octanol–water partition coefficient (Wildman–Crippen LogP) is 4.67. The van der Waals surface area contributed by atoms with E-state index in [1.807, 2.05) is 18.2 Å². The van der Waals surface area contributed by atoms with Crippen molar-refractivity contribution in [2.75, 3.05) is 0 Å². The minimum Gasteiger partial charge on any atom is -0.289 e. The van der Waals surface area contributed by atoms with Crippen LogP contribution in [0.1, 0.15) is 63.6 Å². The molecule has 0 saturated carbocycles. The summed E-state index contributed by atoms with van der Waals surface area (Å²) in [6, 6.07) is 12.5. The molecule has 0 aliphatic heterocycles. The summed E-state index contributed by atoms with van der Waals surface area (Å²) in [7, 11) is 0. The van der Waals surface area contributed by atoms with E-state index in [-0.39, 0.29) is 11.6 Å². The number of carbonyl (C=O) groups excluding carboxylic acids is 2. The van der Waals surface area contributed by atoms with E-state index in [4.69, 9.17) is 0 Å². The highest BCUT2D eigenvalue weighted by Gasteiger charge is 2.28. The Kier molecular flexibility index (Phi) is 4.01. The largest absolute Gasteiger partial charge is 0.289 e. The fraction of sp³-hybridized carbons (Fsp3) is 0.200. The number of hydrogen-bond donors (Lipinski definition) is 0. The van der Waals surface area contributed by atoms with Crippen LogP contribution < -0.4 is 0 Å². The van der Waals surface area contributed by atoms with Crippen LogP contribution in [0.4, 0.5) is 0 Å². The monoisotopic (exact) mass is 290 g/mol. The Morgan fingerprint density at radius 1 is 0.864 bits per heavy atom. The van der Waals surface area contributed by atoms with E-state index in [0.717, 1.165) is 24.8 Å². The molecule has 0 N–H and O–H groups in total. The van der Waals surface area contributed by atoms with Crippen molar-refractivity contribution in [2.24, 2.45) is 0 Å². The van der Waals surface area contributed by atoms with Crippen LogP contribution in [0.2, 0.25) is 0 Å². The van der Waals surface area contributed by atoms with E-state index < -0.39 is 0 Å². The molecule has 1 aliphatic carbocycles. The molecule has 0 amide bonds. The highest BCUT2D eigenvalue weighted by molar-refractivity contribution is 6.28.